The Kier molecular flexibility index (Phi) is 7.49. The Balaban J connectivity index is 0.922. The third-order valence-electron chi connectivity index (χ3n) is 14.9. The van der Waals surface area contributed by atoms with E-state index in [1.165, 1.54) is 81.5 Å². The number of hydrogen-bond donors (Lipinski definition) is 0. The first kappa shape index (κ1) is 34.2. The van der Waals surface area contributed by atoms with Gasteiger partial charge in [-0.3, -0.25) is 0 Å². The second-order valence-corrected chi connectivity index (χ2v) is 18.0. The maximum absolute atomic E-state index is 5.13. The molecule has 5 aliphatic rings. The molecular weight excluding hydrogens is 727 g/mol. The Hall–Kier alpha value is -6.71. The standard InChI is InChI=1S/C57H43N3/c1-3-10-37(11-4-1)38-18-20-40(21-19-38)55-58-54(39-12-5-2-6-13-39)59-56(60-55)45-23-24-49-43(31-45)16-9-17-48(49)44-22-25-50-51-32-41-14-7-8-15-42(41)33-53(51)57(52(50)34-44)46-27-35-26-36(29-46)30-47(57)28-35/h1-25,31-36,46-47H,26-30H2. The minimum atomic E-state index is 0.102. The second-order valence-electron chi connectivity index (χ2n) is 18.0. The largest absolute Gasteiger partial charge is 0.208 e. The fourth-order valence-corrected chi connectivity index (χ4v) is 12.5. The third-order valence-corrected chi connectivity index (χ3v) is 14.9. The molecule has 5 aliphatic carbocycles. The molecule has 0 atom stereocenters. The normalized spacial score (nSPS) is 22.1. The van der Waals surface area contributed by atoms with Crippen molar-refractivity contribution in [3.8, 4) is 67.5 Å². The average Bonchev–Trinajstić information content (AvgIpc) is 3.58. The molecule has 60 heavy (non-hydrogen) atoms. The molecule has 3 heteroatoms. The Bertz CT molecular complexity index is 3120. The number of benzene rings is 8. The second kappa shape index (κ2) is 13.1. The molecule has 8 aromatic carbocycles. The molecule has 0 radical (unpaired) electrons. The van der Waals surface area contributed by atoms with Crippen molar-refractivity contribution in [2.75, 3.05) is 0 Å². The lowest BCUT2D eigenvalue weighted by atomic mass is 9.43. The predicted molar refractivity (Wildman–Crippen MR) is 245 cm³/mol. The summed E-state index contributed by atoms with van der Waals surface area (Å²) in [6, 6.07) is 64.4. The fourth-order valence-electron chi connectivity index (χ4n) is 12.5. The first-order chi connectivity index (χ1) is 29.7. The SMILES string of the molecule is c1ccc(-c2ccc(-c3nc(-c4ccccc4)nc(-c4ccc5c(-c6ccc7c(c6)C6(c8cc9ccccc9cc8-7)C7CC8CC(C7)CC6C8)cccc5c4)n3)cc2)cc1. The van der Waals surface area contributed by atoms with Crippen molar-refractivity contribution in [1.82, 2.24) is 15.0 Å². The quantitative estimate of drug-likeness (QED) is 0.175. The van der Waals surface area contributed by atoms with Gasteiger partial charge in [0.1, 0.15) is 0 Å². The number of hydrogen-bond acceptors (Lipinski definition) is 3. The molecule has 4 saturated carbocycles. The highest BCUT2D eigenvalue weighted by Gasteiger charge is 2.61. The van der Waals surface area contributed by atoms with Crippen LogP contribution in [-0.4, -0.2) is 15.0 Å². The first-order valence-electron chi connectivity index (χ1n) is 21.8. The third kappa shape index (κ3) is 5.18. The molecule has 0 unspecified atom stereocenters. The lowest BCUT2D eigenvalue weighted by Gasteiger charge is -2.61. The van der Waals surface area contributed by atoms with E-state index in [0.717, 1.165) is 34.1 Å². The van der Waals surface area contributed by atoms with Crippen molar-refractivity contribution in [3.05, 3.63) is 187 Å². The van der Waals surface area contributed by atoms with Gasteiger partial charge in [0, 0.05) is 22.1 Å². The Morgan fingerprint density at radius 3 is 1.55 bits per heavy atom. The van der Waals surface area contributed by atoms with Crippen LogP contribution in [0.5, 0.6) is 0 Å². The summed E-state index contributed by atoms with van der Waals surface area (Å²) in [6.07, 6.45) is 6.97. The zero-order valence-electron chi connectivity index (χ0n) is 33.4. The van der Waals surface area contributed by atoms with E-state index in [2.05, 4.69) is 152 Å². The van der Waals surface area contributed by atoms with E-state index >= 15 is 0 Å². The summed E-state index contributed by atoms with van der Waals surface area (Å²) in [6.45, 7) is 0. The van der Waals surface area contributed by atoms with Gasteiger partial charge >= 0.3 is 0 Å². The Labute approximate surface area is 350 Å². The van der Waals surface area contributed by atoms with Crippen molar-refractivity contribution in [2.45, 2.75) is 37.5 Å². The molecule has 0 N–H and O–H groups in total. The molecule has 0 amide bonds. The molecule has 1 aromatic heterocycles. The highest BCUT2D eigenvalue weighted by molar-refractivity contribution is 6.00. The first-order valence-corrected chi connectivity index (χ1v) is 21.8. The molecule has 14 rings (SSSR count). The highest BCUT2D eigenvalue weighted by Crippen LogP contribution is 2.69. The number of rotatable bonds is 5. The summed E-state index contributed by atoms with van der Waals surface area (Å²) in [7, 11) is 0. The topological polar surface area (TPSA) is 38.7 Å². The molecule has 3 nitrogen and oxygen atoms in total. The Morgan fingerprint density at radius 2 is 0.850 bits per heavy atom. The van der Waals surface area contributed by atoms with Gasteiger partial charge in [0.15, 0.2) is 17.5 Å². The monoisotopic (exact) mass is 769 g/mol. The smallest absolute Gasteiger partial charge is 0.164 e. The van der Waals surface area contributed by atoms with Crippen LogP contribution >= 0.6 is 0 Å². The van der Waals surface area contributed by atoms with Gasteiger partial charge in [-0.15, -0.1) is 0 Å². The van der Waals surface area contributed by atoms with Gasteiger partial charge in [-0.2, -0.15) is 0 Å². The summed E-state index contributed by atoms with van der Waals surface area (Å²) in [5.41, 5.74) is 14.1. The molecule has 9 aromatic rings. The lowest BCUT2D eigenvalue weighted by molar-refractivity contribution is -0.0398. The van der Waals surface area contributed by atoms with Crippen molar-refractivity contribution < 1.29 is 0 Å². The van der Waals surface area contributed by atoms with Gasteiger partial charge in [0.2, 0.25) is 0 Å². The summed E-state index contributed by atoms with van der Waals surface area (Å²) >= 11 is 0. The van der Waals surface area contributed by atoms with Crippen molar-refractivity contribution >= 4 is 21.5 Å². The number of aromatic nitrogens is 3. The summed E-state index contributed by atoms with van der Waals surface area (Å²) < 4.78 is 0. The average molecular weight is 770 g/mol. The highest BCUT2D eigenvalue weighted by atomic mass is 15.0. The number of nitrogens with zero attached hydrogens (tertiary/aromatic N) is 3. The zero-order valence-corrected chi connectivity index (χ0v) is 33.4. The van der Waals surface area contributed by atoms with E-state index in [0.29, 0.717) is 29.3 Å². The van der Waals surface area contributed by atoms with Crippen LogP contribution in [0.4, 0.5) is 0 Å². The van der Waals surface area contributed by atoms with Crippen LogP contribution in [0.1, 0.15) is 43.2 Å². The van der Waals surface area contributed by atoms with Gasteiger partial charge in [-0.1, -0.05) is 152 Å². The van der Waals surface area contributed by atoms with Gasteiger partial charge in [0.05, 0.1) is 0 Å². The van der Waals surface area contributed by atoms with E-state index in [4.69, 9.17) is 15.0 Å². The van der Waals surface area contributed by atoms with Gasteiger partial charge in [-0.05, 0) is 146 Å². The molecule has 1 spiro atoms. The van der Waals surface area contributed by atoms with Gasteiger partial charge in [0.25, 0.3) is 0 Å². The van der Waals surface area contributed by atoms with Gasteiger partial charge < -0.3 is 0 Å². The van der Waals surface area contributed by atoms with E-state index in [-0.39, 0.29) is 5.41 Å². The van der Waals surface area contributed by atoms with E-state index in [1.54, 1.807) is 11.1 Å². The van der Waals surface area contributed by atoms with Crippen LogP contribution in [0.25, 0.3) is 89.1 Å². The van der Waals surface area contributed by atoms with Crippen LogP contribution in [0.3, 0.4) is 0 Å². The van der Waals surface area contributed by atoms with E-state index in [9.17, 15) is 0 Å². The lowest BCUT2D eigenvalue weighted by Crippen LogP contribution is -2.55. The molecule has 286 valence electrons. The Morgan fingerprint density at radius 1 is 0.333 bits per heavy atom. The fraction of sp³-hybridized carbons (Fsp3) is 0.175. The molecule has 4 fully saturated rings. The molecule has 1 heterocycles. The van der Waals surface area contributed by atoms with Crippen LogP contribution in [0.2, 0.25) is 0 Å². The predicted octanol–water partition coefficient (Wildman–Crippen LogP) is 14.2. The van der Waals surface area contributed by atoms with Crippen LogP contribution in [0.15, 0.2) is 176 Å². The van der Waals surface area contributed by atoms with Crippen LogP contribution < -0.4 is 0 Å². The molecule has 4 bridgehead atoms. The minimum Gasteiger partial charge on any atom is -0.208 e. The van der Waals surface area contributed by atoms with Crippen molar-refractivity contribution in [3.63, 3.8) is 0 Å². The van der Waals surface area contributed by atoms with Crippen molar-refractivity contribution in [2.24, 2.45) is 23.7 Å². The minimum absolute atomic E-state index is 0.102. The maximum atomic E-state index is 5.13. The van der Waals surface area contributed by atoms with Crippen molar-refractivity contribution in [1.29, 1.82) is 0 Å². The van der Waals surface area contributed by atoms with Crippen LogP contribution in [0, 0.1) is 23.7 Å². The molecular formula is C57H43N3. The summed E-state index contributed by atoms with van der Waals surface area (Å²) in [5.74, 6) is 5.25. The summed E-state index contributed by atoms with van der Waals surface area (Å²) in [4.78, 5) is 15.2. The zero-order chi connectivity index (χ0) is 39.4. The summed E-state index contributed by atoms with van der Waals surface area (Å²) in [5, 5.41) is 5.15. The maximum Gasteiger partial charge on any atom is 0.164 e. The molecule has 0 aliphatic heterocycles. The van der Waals surface area contributed by atoms with E-state index < -0.39 is 0 Å². The number of fused-ring (bicyclic) bond motifs is 5. The van der Waals surface area contributed by atoms with Crippen LogP contribution in [-0.2, 0) is 5.41 Å². The van der Waals surface area contributed by atoms with E-state index in [1.807, 2.05) is 24.3 Å². The van der Waals surface area contributed by atoms with Gasteiger partial charge in [-0.25, -0.2) is 15.0 Å². The molecule has 0 saturated heterocycles.